The summed E-state index contributed by atoms with van der Waals surface area (Å²) < 4.78 is 0. The molecule has 0 fully saturated rings. The van der Waals surface area contributed by atoms with Crippen molar-refractivity contribution in [3.8, 4) is 0 Å². The maximum absolute atomic E-state index is 10.1. The predicted molar refractivity (Wildman–Crippen MR) is 45.3 cm³/mol. The number of rotatable bonds is 3. The molecule has 60 valence electrons. The van der Waals surface area contributed by atoms with E-state index in [1.54, 1.807) is 19.1 Å². The van der Waals surface area contributed by atoms with Crippen molar-refractivity contribution in [2.24, 2.45) is 0 Å². The van der Waals surface area contributed by atoms with Crippen molar-refractivity contribution in [1.82, 2.24) is 0 Å². The molecule has 0 aromatic heterocycles. The highest BCUT2D eigenvalue weighted by Gasteiger charge is 1.87. The first-order valence-electron chi connectivity index (χ1n) is 3.37. The normalized spacial score (nSPS) is 13.1. The Hall–Kier alpha value is -1.31. The van der Waals surface area contributed by atoms with Crippen LogP contribution in [0, 0.1) is 0 Å². The molecule has 0 aromatic rings. The third kappa shape index (κ3) is 6.58. The lowest BCUT2D eigenvalue weighted by atomic mass is 10.2. The van der Waals surface area contributed by atoms with E-state index in [9.17, 15) is 4.79 Å². The summed E-state index contributed by atoms with van der Waals surface area (Å²) >= 11 is 0. The lowest BCUT2D eigenvalue weighted by Gasteiger charge is -1.85. The number of carboxylic acids is 1. The summed E-state index contributed by atoms with van der Waals surface area (Å²) in [7, 11) is 0. The van der Waals surface area contributed by atoms with Crippen molar-refractivity contribution in [2.75, 3.05) is 0 Å². The molecule has 11 heavy (non-hydrogen) atoms. The average molecular weight is 152 g/mol. The van der Waals surface area contributed by atoms with E-state index in [1.807, 2.05) is 19.1 Å². The minimum Gasteiger partial charge on any atom is -0.478 e. The standard InChI is InChI=1S/C9H12O2/c1-3-4-5-6-8(2)7-9(10)11/h3-7H,1-2H3,(H,10,11). The van der Waals surface area contributed by atoms with E-state index in [1.165, 1.54) is 6.08 Å². The van der Waals surface area contributed by atoms with Gasteiger partial charge in [-0.25, -0.2) is 4.79 Å². The van der Waals surface area contributed by atoms with Gasteiger partial charge in [-0.05, 0) is 19.4 Å². The highest BCUT2D eigenvalue weighted by molar-refractivity contribution is 5.81. The third-order valence-electron chi connectivity index (χ3n) is 1.01. The van der Waals surface area contributed by atoms with E-state index in [4.69, 9.17) is 5.11 Å². The Morgan fingerprint density at radius 1 is 1.36 bits per heavy atom. The van der Waals surface area contributed by atoms with Crippen LogP contribution in [0.1, 0.15) is 13.8 Å². The van der Waals surface area contributed by atoms with E-state index in [0.717, 1.165) is 5.57 Å². The van der Waals surface area contributed by atoms with E-state index in [0.29, 0.717) is 0 Å². The van der Waals surface area contributed by atoms with Gasteiger partial charge >= 0.3 is 5.97 Å². The average Bonchev–Trinajstić information content (AvgIpc) is 1.86. The minimum atomic E-state index is -0.910. The predicted octanol–water partition coefficient (Wildman–Crippen LogP) is 2.15. The number of aliphatic carboxylic acids is 1. The maximum atomic E-state index is 10.1. The number of hydrogen-bond acceptors (Lipinski definition) is 1. The third-order valence-corrected chi connectivity index (χ3v) is 1.01. The molecule has 0 saturated carbocycles. The monoisotopic (exact) mass is 152 g/mol. The molecule has 1 N–H and O–H groups in total. The molecule has 2 nitrogen and oxygen atoms in total. The topological polar surface area (TPSA) is 37.3 Å². The fourth-order valence-electron chi connectivity index (χ4n) is 0.561. The van der Waals surface area contributed by atoms with Crippen LogP contribution in [0.5, 0.6) is 0 Å². The molecule has 0 bridgehead atoms. The first-order chi connectivity index (χ1) is 5.16. The van der Waals surface area contributed by atoms with Crippen LogP contribution >= 0.6 is 0 Å². The summed E-state index contributed by atoms with van der Waals surface area (Å²) in [5.41, 5.74) is 0.732. The van der Waals surface area contributed by atoms with Gasteiger partial charge in [0.1, 0.15) is 0 Å². The minimum absolute atomic E-state index is 0.732. The molecule has 0 saturated heterocycles. The fraction of sp³-hybridized carbons (Fsp3) is 0.222. The highest BCUT2D eigenvalue weighted by atomic mass is 16.4. The Bertz CT molecular complexity index is 210. The Morgan fingerprint density at radius 2 is 2.00 bits per heavy atom. The van der Waals surface area contributed by atoms with Crippen LogP contribution in [0.4, 0.5) is 0 Å². The van der Waals surface area contributed by atoms with Gasteiger partial charge in [-0.3, -0.25) is 0 Å². The second kappa shape index (κ2) is 5.47. The molecular formula is C9H12O2. The van der Waals surface area contributed by atoms with Crippen LogP contribution in [-0.2, 0) is 4.79 Å². The van der Waals surface area contributed by atoms with Crippen LogP contribution in [0.15, 0.2) is 36.0 Å². The molecule has 0 aliphatic heterocycles. The smallest absolute Gasteiger partial charge is 0.328 e. The lowest BCUT2D eigenvalue weighted by Crippen LogP contribution is -1.87. The first-order valence-corrected chi connectivity index (χ1v) is 3.37. The Balaban J connectivity index is 4.05. The number of hydrogen-bond donors (Lipinski definition) is 1. The van der Waals surface area contributed by atoms with Gasteiger partial charge in [-0.15, -0.1) is 0 Å². The Labute approximate surface area is 66.5 Å². The van der Waals surface area contributed by atoms with Crippen LogP contribution < -0.4 is 0 Å². The van der Waals surface area contributed by atoms with Crippen molar-refractivity contribution in [2.45, 2.75) is 13.8 Å². The van der Waals surface area contributed by atoms with Gasteiger partial charge < -0.3 is 5.11 Å². The van der Waals surface area contributed by atoms with Crippen LogP contribution in [-0.4, -0.2) is 11.1 Å². The van der Waals surface area contributed by atoms with E-state index in [-0.39, 0.29) is 0 Å². The quantitative estimate of drug-likeness (QED) is 0.497. The molecule has 0 unspecified atom stereocenters. The van der Waals surface area contributed by atoms with E-state index < -0.39 is 5.97 Å². The fourth-order valence-corrected chi connectivity index (χ4v) is 0.561. The molecule has 0 aliphatic carbocycles. The van der Waals surface area contributed by atoms with Gasteiger partial charge in [0.25, 0.3) is 0 Å². The highest BCUT2D eigenvalue weighted by Crippen LogP contribution is 1.94. The molecule has 0 spiro atoms. The summed E-state index contributed by atoms with van der Waals surface area (Å²) in [6.45, 7) is 3.65. The largest absolute Gasteiger partial charge is 0.478 e. The van der Waals surface area contributed by atoms with Crippen molar-refractivity contribution < 1.29 is 9.90 Å². The zero-order valence-electron chi connectivity index (χ0n) is 6.74. The molecule has 2 heteroatoms. The molecule has 0 rings (SSSR count). The summed E-state index contributed by atoms with van der Waals surface area (Å²) in [5, 5.41) is 8.31. The van der Waals surface area contributed by atoms with Crippen LogP contribution in [0.2, 0.25) is 0 Å². The van der Waals surface area contributed by atoms with Gasteiger partial charge in [-0.1, -0.05) is 24.3 Å². The molecule has 0 heterocycles. The summed E-state index contributed by atoms with van der Waals surface area (Å²) in [5.74, 6) is -0.910. The Morgan fingerprint density at radius 3 is 2.45 bits per heavy atom. The number of carboxylic acid groups (broad SMARTS) is 1. The lowest BCUT2D eigenvalue weighted by molar-refractivity contribution is -0.131. The SMILES string of the molecule is CC=CC=CC(C)=CC(=O)O. The van der Waals surface area contributed by atoms with Gasteiger partial charge in [-0.2, -0.15) is 0 Å². The van der Waals surface area contributed by atoms with E-state index >= 15 is 0 Å². The molecular weight excluding hydrogens is 140 g/mol. The summed E-state index contributed by atoms with van der Waals surface area (Å²) in [4.78, 5) is 10.1. The molecule has 0 atom stereocenters. The molecule has 0 aromatic carbocycles. The van der Waals surface area contributed by atoms with Gasteiger partial charge in [0.05, 0.1) is 0 Å². The zero-order chi connectivity index (χ0) is 8.69. The molecule has 0 aliphatic rings. The van der Waals surface area contributed by atoms with E-state index in [2.05, 4.69) is 0 Å². The van der Waals surface area contributed by atoms with Gasteiger partial charge in [0.15, 0.2) is 0 Å². The van der Waals surface area contributed by atoms with Crippen LogP contribution in [0.3, 0.4) is 0 Å². The number of carbonyl (C=O) groups is 1. The molecule has 0 radical (unpaired) electrons. The van der Waals surface area contributed by atoms with Crippen LogP contribution in [0.25, 0.3) is 0 Å². The number of allylic oxidation sites excluding steroid dienone is 5. The van der Waals surface area contributed by atoms with Crippen molar-refractivity contribution in [1.29, 1.82) is 0 Å². The van der Waals surface area contributed by atoms with Crippen molar-refractivity contribution >= 4 is 5.97 Å². The first kappa shape index (κ1) is 9.69. The summed E-state index contributed by atoms with van der Waals surface area (Å²) in [6.07, 6.45) is 8.44. The summed E-state index contributed by atoms with van der Waals surface area (Å²) in [6, 6.07) is 0. The maximum Gasteiger partial charge on any atom is 0.328 e. The zero-order valence-corrected chi connectivity index (χ0v) is 6.74. The van der Waals surface area contributed by atoms with Gasteiger partial charge in [0.2, 0.25) is 0 Å². The van der Waals surface area contributed by atoms with Gasteiger partial charge in [0, 0.05) is 6.08 Å². The second-order valence-electron chi connectivity index (χ2n) is 2.11. The Kier molecular flexibility index (Phi) is 4.82. The van der Waals surface area contributed by atoms with Crippen molar-refractivity contribution in [3.63, 3.8) is 0 Å². The van der Waals surface area contributed by atoms with Crippen molar-refractivity contribution in [3.05, 3.63) is 36.0 Å². The molecule has 0 amide bonds. The second-order valence-corrected chi connectivity index (χ2v) is 2.11.